The maximum atomic E-state index is 8.75. The standard InChI is InChI=1S/C18H14N2O2S/c19-11-14-4-6-16(7-5-14)21-8-9-22-17-3-1-2-15(10-17)18-12-20-13-23-18/h1-7,10,12-13H,8-9H2. The molecular weight excluding hydrogens is 308 g/mol. The van der Waals surface area contributed by atoms with Crippen molar-refractivity contribution in [2.75, 3.05) is 13.2 Å². The summed E-state index contributed by atoms with van der Waals surface area (Å²) in [6.07, 6.45) is 1.85. The Bertz CT molecular complexity index is 793. The number of nitriles is 1. The van der Waals surface area contributed by atoms with E-state index in [1.807, 2.05) is 36.0 Å². The van der Waals surface area contributed by atoms with Crippen molar-refractivity contribution in [2.24, 2.45) is 0 Å². The van der Waals surface area contributed by atoms with Crippen molar-refractivity contribution >= 4 is 11.3 Å². The molecule has 0 spiro atoms. The van der Waals surface area contributed by atoms with Gasteiger partial charge in [-0.05, 0) is 42.0 Å². The third-order valence-electron chi connectivity index (χ3n) is 3.16. The van der Waals surface area contributed by atoms with Crippen LogP contribution in [0, 0.1) is 11.3 Å². The molecule has 0 amide bonds. The van der Waals surface area contributed by atoms with Crippen molar-refractivity contribution in [1.82, 2.24) is 4.98 Å². The highest BCUT2D eigenvalue weighted by molar-refractivity contribution is 7.13. The van der Waals surface area contributed by atoms with Crippen molar-refractivity contribution in [1.29, 1.82) is 5.26 Å². The zero-order valence-corrected chi connectivity index (χ0v) is 13.1. The second kappa shape index (κ2) is 7.43. The van der Waals surface area contributed by atoms with Crippen molar-refractivity contribution in [3.05, 3.63) is 65.8 Å². The Labute approximate surface area is 138 Å². The summed E-state index contributed by atoms with van der Waals surface area (Å²) in [6.45, 7) is 0.892. The number of aromatic nitrogens is 1. The molecule has 2 aromatic carbocycles. The SMILES string of the molecule is N#Cc1ccc(OCCOc2cccc(-c3cncs3)c2)cc1. The van der Waals surface area contributed by atoms with Gasteiger partial charge in [0.2, 0.25) is 0 Å². The molecule has 0 radical (unpaired) electrons. The molecule has 1 heterocycles. The molecule has 23 heavy (non-hydrogen) atoms. The van der Waals surface area contributed by atoms with Gasteiger partial charge >= 0.3 is 0 Å². The molecule has 0 bridgehead atoms. The van der Waals surface area contributed by atoms with Gasteiger partial charge < -0.3 is 9.47 Å². The largest absolute Gasteiger partial charge is 0.490 e. The molecule has 3 aromatic rings. The maximum absolute atomic E-state index is 8.75. The Morgan fingerprint density at radius 1 is 1.00 bits per heavy atom. The van der Waals surface area contributed by atoms with Crippen molar-refractivity contribution in [2.45, 2.75) is 0 Å². The van der Waals surface area contributed by atoms with E-state index < -0.39 is 0 Å². The predicted molar refractivity (Wildman–Crippen MR) is 89.7 cm³/mol. The van der Waals surface area contributed by atoms with Crippen LogP contribution in [0.1, 0.15) is 5.56 Å². The zero-order valence-electron chi connectivity index (χ0n) is 12.3. The highest BCUT2D eigenvalue weighted by atomic mass is 32.1. The van der Waals surface area contributed by atoms with Crippen LogP contribution in [0.25, 0.3) is 10.4 Å². The number of thiazole rings is 1. The van der Waals surface area contributed by atoms with Gasteiger partial charge in [0, 0.05) is 6.20 Å². The molecule has 0 unspecified atom stereocenters. The van der Waals surface area contributed by atoms with Crippen LogP contribution in [0.5, 0.6) is 11.5 Å². The first-order chi connectivity index (χ1) is 11.3. The first-order valence-corrected chi connectivity index (χ1v) is 7.98. The predicted octanol–water partition coefficient (Wildman–Crippen LogP) is 4.14. The van der Waals surface area contributed by atoms with E-state index in [4.69, 9.17) is 14.7 Å². The van der Waals surface area contributed by atoms with Gasteiger partial charge in [0.05, 0.1) is 22.0 Å². The van der Waals surface area contributed by atoms with Gasteiger partial charge in [-0.25, -0.2) is 0 Å². The van der Waals surface area contributed by atoms with Crippen LogP contribution in [0.4, 0.5) is 0 Å². The summed E-state index contributed by atoms with van der Waals surface area (Å²) in [5.74, 6) is 1.53. The van der Waals surface area contributed by atoms with Gasteiger partial charge in [-0.1, -0.05) is 12.1 Å². The minimum Gasteiger partial charge on any atom is -0.490 e. The van der Waals surface area contributed by atoms with Gasteiger partial charge in [0.15, 0.2) is 0 Å². The Hall–Kier alpha value is -2.84. The van der Waals surface area contributed by atoms with E-state index in [0.29, 0.717) is 18.8 Å². The first kappa shape index (κ1) is 15.1. The van der Waals surface area contributed by atoms with Crippen LogP contribution in [0.3, 0.4) is 0 Å². The lowest BCUT2D eigenvalue weighted by molar-refractivity contribution is 0.217. The van der Waals surface area contributed by atoms with E-state index in [1.165, 1.54) is 0 Å². The highest BCUT2D eigenvalue weighted by Crippen LogP contribution is 2.26. The lowest BCUT2D eigenvalue weighted by Gasteiger charge is -2.09. The van der Waals surface area contributed by atoms with E-state index in [1.54, 1.807) is 35.6 Å². The van der Waals surface area contributed by atoms with Gasteiger partial charge in [-0.15, -0.1) is 11.3 Å². The molecule has 0 saturated heterocycles. The van der Waals surface area contributed by atoms with Crippen molar-refractivity contribution in [3.63, 3.8) is 0 Å². The van der Waals surface area contributed by atoms with E-state index >= 15 is 0 Å². The average Bonchev–Trinajstić information content (AvgIpc) is 3.14. The number of rotatable bonds is 6. The molecule has 0 aliphatic carbocycles. The molecule has 0 fully saturated rings. The third-order valence-corrected chi connectivity index (χ3v) is 3.98. The van der Waals surface area contributed by atoms with E-state index in [0.717, 1.165) is 21.9 Å². The Morgan fingerprint density at radius 2 is 1.78 bits per heavy atom. The molecule has 0 aliphatic heterocycles. The monoisotopic (exact) mass is 322 g/mol. The quantitative estimate of drug-likeness (QED) is 0.640. The zero-order chi connectivity index (χ0) is 15.9. The summed E-state index contributed by atoms with van der Waals surface area (Å²) in [4.78, 5) is 5.20. The molecule has 0 aliphatic rings. The van der Waals surface area contributed by atoms with Gasteiger partial charge in [0.25, 0.3) is 0 Å². The molecule has 0 atom stereocenters. The van der Waals surface area contributed by atoms with Crippen LogP contribution in [0.15, 0.2) is 60.2 Å². The first-order valence-electron chi connectivity index (χ1n) is 7.10. The van der Waals surface area contributed by atoms with Crippen molar-refractivity contribution in [3.8, 4) is 28.0 Å². The number of benzene rings is 2. The van der Waals surface area contributed by atoms with Gasteiger partial charge in [-0.3, -0.25) is 4.98 Å². The molecule has 114 valence electrons. The molecular formula is C18H14N2O2S. The number of hydrogen-bond donors (Lipinski definition) is 0. The lowest BCUT2D eigenvalue weighted by atomic mass is 10.2. The number of nitrogens with zero attached hydrogens (tertiary/aromatic N) is 2. The molecule has 1 aromatic heterocycles. The van der Waals surface area contributed by atoms with E-state index in [2.05, 4.69) is 11.1 Å². The number of ether oxygens (including phenoxy) is 2. The summed E-state index contributed by atoms with van der Waals surface area (Å²) in [5, 5.41) is 8.75. The molecule has 0 saturated carbocycles. The summed E-state index contributed by atoms with van der Waals surface area (Å²) in [7, 11) is 0. The molecule has 5 heteroatoms. The summed E-state index contributed by atoms with van der Waals surface area (Å²) in [5.41, 5.74) is 3.53. The fourth-order valence-corrected chi connectivity index (χ4v) is 2.66. The van der Waals surface area contributed by atoms with Crippen LogP contribution in [-0.2, 0) is 0 Å². The fourth-order valence-electron chi connectivity index (χ4n) is 2.04. The normalized spacial score (nSPS) is 10.0. The van der Waals surface area contributed by atoms with Crippen LogP contribution in [0.2, 0.25) is 0 Å². The minimum absolute atomic E-state index is 0.441. The topological polar surface area (TPSA) is 55.1 Å². The maximum Gasteiger partial charge on any atom is 0.122 e. The van der Waals surface area contributed by atoms with Crippen molar-refractivity contribution < 1.29 is 9.47 Å². The van der Waals surface area contributed by atoms with Gasteiger partial charge in [0.1, 0.15) is 24.7 Å². The van der Waals surface area contributed by atoms with Crippen LogP contribution < -0.4 is 9.47 Å². The molecule has 3 rings (SSSR count). The summed E-state index contributed by atoms with van der Waals surface area (Å²) < 4.78 is 11.3. The summed E-state index contributed by atoms with van der Waals surface area (Å²) >= 11 is 1.60. The Morgan fingerprint density at radius 3 is 2.48 bits per heavy atom. The number of hydrogen-bond acceptors (Lipinski definition) is 5. The summed E-state index contributed by atoms with van der Waals surface area (Å²) in [6, 6.07) is 17.0. The third kappa shape index (κ3) is 4.09. The van der Waals surface area contributed by atoms with E-state index in [9.17, 15) is 0 Å². The van der Waals surface area contributed by atoms with Crippen LogP contribution in [-0.4, -0.2) is 18.2 Å². The second-order valence-electron chi connectivity index (χ2n) is 4.73. The van der Waals surface area contributed by atoms with Crippen LogP contribution >= 0.6 is 11.3 Å². The smallest absolute Gasteiger partial charge is 0.122 e. The molecule has 0 N–H and O–H groups in total. The second-order valence-corrected chi connectivity index (χ2v) is 5.61. The fraction of sp³-hybridized carbons (Fsp3) is 0.111. The Kier molecular flexibility index (Phi) is 4.87. The van der Waals surface area contributed by atoms with Gasteiger partial charge in [-0.2, -0.15) is 5.26 Å². The van der Waals surface area contributed by atoms with E-state index in [-0.39, 0.29) is 0 Å². The average molecular weight is 322 g/mol. The minimum atomic E-state index is 0.441. The Balaban J connectivity index is 1.51. The lowest BCUT2D eigenvalue weighted by Crippen LogP contribution is -2.08. The highest BCUT2D eigenvalue weighted by Gasteiger charge is 2.02. The molecule has 4 nitrogen and oxygen atoms in total.